The molecule has 0 saturated heterocycles. The van der Waals surface area contributed by atoms with E-state index in [0.717, 1.165) is 118 Å². The monoisotopic (exact) mass is 1190 g/mol. The standard InChI is InChI=1S/C86H52B2N4O2/c1-5-25-53(26-6-1)79-59-33-13-15-35-61(59)80(62-36-16-14-34-60(62)79)54-45-47-58(48-46-54)92-70-42-22-20-40-66(70)88-68-49-67-71(50-72(68)90(56-29-9-3-10-30-56)74-52-78-82(86(92)84(74)88)64-38-18-24-44-76(64)94-78)89(55-27-7-2-8-28-55)73-51-77-81(63-37-17-23-43-75(63)93-77)85-83(73)87(67)65-39-19-21-41-69(65)91(85)57-31-11-4-12-32-57/h1-52H. The molecule has 0 bridgehead atoms. The van der Waals surface area contributed by atoms with Gasteiger partial charge < -0.3 is 28.4 Å². The Balaban J connectivity index is 0.845. The van der Waals surface area contributed by atoms with E-state index in [1.807, 2.05) is 0 Å². The Morgan fingerprint density at radius 3 is 1.00 bits per heavy atom. The molecular formula is C86H52B2N4O2. The number of rotatable bonds is 6. The third-order valence-electron chi connectivity index (χ3n) is 20.5. The van der Waals surface area contributed by atoms with Crippen molar-refractivity contribution in [3.63, 3.8) is 0 Å². The molecule has 4 aliphatic heterocycles. The third-order valence-corrected chi connectivity index (χ3v) is 20.5. The third kappa shape index (κ3) is 7.11. The molecule has 4 aliphatic rings. The summed E-state index contributed by atoms with van der Waals surface area (Å²) in [5.74, 6) is 0. The second-order valence-corrected chi connectivity index (χ2v) is 25.3. The van der Waals surface area contributed by atoms with Crippen molar-refractivity contribution in [2.24, 2.45) is 0 Å². The van der Waals surface area contributed by atoms with Crippen LogP contribution in [0.4, 0.5) is 68.2 Å². The zero-order valence-electron chi connectivity index (χ0n) is 50.8. The Hall–Kier alpha value is -12.3. The van der Waals surface area contributed by atoms with E-state index in [4.69, 9.17) is 8.83 Å². The van der Waals surface area contributed by atoms with E-state index in [9.17, 15) is 0 Å². The summed E-state index contributed by atoms with van der Waals surface area (Å²) < 4.78 is 14.2. The quantitative estimate of drug-likeness (QED) is 0.122. The summed E-state index contributed by atoms with van der Waals surface area (Å²) in [4.78, 5) is 10.1. The lowest BCUT2D eigenvalue weighted by molar-refractivity contribution is 0.668. The summed E-state index contributed by atoms with van der Waals surface area (Å²) in [6.07, 6.45) is 0. The molecule has 0 saturated carbocycles. The lowest BCUT2D eigenvalue weighted by Crippen LogP contribution is -2.65. The van der Waals surface area contributed by atoms with E-state index in [1.165, 1.54) is 71.0 Å². The van der Waals surface area contributed by atoms with Crippen molar-refractivity contribution in [1.29, 1.82) is 0 Å². The first-order valence-corrected chi connectivity index (χ1v) is 32.5. The number of nitrogens with zero attached hydrogens (tertiary/aromatic N) is 4. The molecule has 15 aromatic carbocycles. The molecule has 6 heterocycles. The van der Waals surface area contributed by atoms with Crippen molar-refractivity contribution >= 4 is 180 Å². The Labute approximate surface area is 542 Å². The molecule has 94 heavy (non-hydrogen) atoms. The van der Waals surface area contributed by atoms with Gasteiger partial charge in [0.05, 0.1) is 22.1 Å². The van der Waals surface area contributed by atoms with Crippen LogP contribution in [0.15, 0.2) is 324 Å². The maximum absolute atomic E-state index is 7.17. The fourth-order valence-electron chi connectivity index (χ4n) is 16.9. The molecule has 0 unspecified atom stereocenters. The molecule has 0 fully saturated rings. The molecule has 0 radical (unpaired) electrons. The van der Waals surface area contributed by atoms with Crippen molar-refractivity contribution in [2.45, 2.75) is 0 Å². The molecule has 21 rings (SSSR count). The van der Waals surface area contributed by atoms with Crippen molar-refractivity contribution in [3.8, 4) is 22.3 Å². The van der Waals surface area contributed by atoms with Crippen LogP contribution in [0.1, 0.15) is 0 Å². The molecule has 0 aliphatic carbocycles. The highest BCUT2D eigenvalue weighted by atomic mass is 16.3. The first-order valence-electron chi connectivity index (χ1n) is 32.5. The number of furan rings is 2. The van der Waals surface area contributed by atoms with E-state index in [1.54, 1.807) is 0 Å². The van der Waals surface area contributed by atoms with Crippen molar-refractivity contribution in [1.82, 2.24) is 0 Å². The highest BCUT2D eigenvalue weighted by Gasteiger charge is 2.50. The summed E-state index contributed by atoms with van der Waals surface area (Å²) in [5, 5.41) is 9.30. The summed E-state index contributed by atoms with van der Waals surface area (Å²) in [7, 11) is 0. The predicted molar refractivity (Wildman–Crippen MR) is 395 cm³/mol. The van der Waals surface area contributed by atoms with Crippen LogP contribution in [-0.4, -0.2) is 13.4 Å². The van der Waals surface area contributed by atoms with Crippen molar-refractivity contribution < 1.29 is 8.83 Å². The molecule has 2 aromatic heterocycles. The van der Waals surface area contributed by atoms with Crippen molar-refractivity contribution in [2.75, 3.05) is 19.6 Å². The van der Waals surface area contributed by atoms with Gasteiger partial charge in [-0.25, -0.2) is 0 Å². The van der Waals surface area contributed by atoms with Gasteiger partial charge in [-0.05, 0) is 155 Å². The lowest BCUT2D eigenvalue weighted by Gasteiger charge is -2.47. The van der Waals surface area contributed by atoms with Gasteiger partial charge in [0.2, 0.25) is 0 Å². The maximum Gasteiger partial charge on any atom is 0.252 e. The van der Waals surface area contributed by atoms with Crippen LogP contribution in [0.25, 0.3) is 87.7 Å². The summed E-state index contributed by atoms with van der Waals surface area (Å²) in [6, 6.07) is 116. The first-order chi connectivity index (χ1) is 46.7. The molecule has 8 heteroatoms. The summed E-state index contributed by atoms with van der Waals surface area (Å²) in [5.41, 5.74) is 28.9. The fraction of sp³-hybridized carbons (Fsp3) is 0. The fourth-order valence-corrected chi connectivity index (χ4v) is 16.9. The van der Waals surface area contributed by atoms with Crippen LogP contribution in [0.3, 0.4) is 0 Å². The van der Waals surface area contributed by atoms with Crippen LogP contribution in [-0.2, 0) is 0 Å². The Kier molecular flexibility index (Phi) is 10.8. The van der Waals surface area contributed by atoms with Gasteiger partial charge in [0.25, 0.3) is 13.4 Å². The maximum atomic E-state index is 7.17. The molecule has 0 spiro atoms. The molecule has 17 aromatic rings. The van der Waals surface area contributed by atoms with Crippen LogP contribution in [0.2, 0.25) is 0 Å². The number of benzene rings is 15. The number of fused-ring (bicyclic) bond motifs is 18. The molecule has 6 nitrogen and oxygen atoms in total. The van der Waals surface area contributed by atoms with E-state index in [0.29, 0.717) is 0 Å². The zero-order valence-corrected chi connectivity index (χ0v) is 50.8. The highest BCUT2D eigenvalue weighted by molar-refractivity contribution is 7.03. The van der Waals surface area contributed by atoms with E-state index >= 15 is 0 Å². The minimum Gasteiger partial charge on any atom is -0.456 e. The predicted octanol–water partition coefficient (Wildman–Crippen LogP) is 19.3. The van der Waals surface area contributed by atoms with Crippen molar-refractivity contribution in [3.05, 3.63) is 315 Å². The molecule has 434 valence electrons. The smallest absolute Gasteiger partial charge is 0.252 e. The minimum absolute atomic E-state index is 0.177. The largest absolute Gasteiger partial charge is 0.456 e. The van der Waals surface area contributed by atoms with Gasteiger partial charge in [-0.15, -0.1) is 0 Å². The normalized spacial score (nSPS) is 13.4. The van der Waals surface area contributed by atoms with Gasteiger partial charge in [-0.3, -0.25) is 0 Å². The zero-order chi connectivity index (χ0) is 61.3. The molecule has 0 amide bonds. The Morgan fingerprint density at radius 2 is 0.564 bits per heavy atom. The minimum atomic E-state index is -0.207. The van der Waals surface area contributed by atoms with Crippen LogP contribution in [0, 0.1) is 0 Å². The molecule has 0 atom stereocenters. The Morgan fingerprint density at radius 1 is 0.223 bits per heavy atom. The Bertz CT molecular complexity index is 5970. The second kappa shape index (κ2) is 19.6. The average molecular weight is 1200 g/mol. The van der Waals surface area contributed by atoms with E-state index < -0.39 is 0 Å². The SMILES string of the molecule is c1ccc(-c2c3ccccc3c(-c3ccc(N4c5ccccc5B5c6cc7c(cc6N(c6ccccc6)c6cc8oc9ccccc9c8c4c65)N(c4ccccc4)c4cc5oc6ccccc6c5c5c4B7c4ccccc4N5c4ccccc4)cc3)c3ccccc23)cc1. The summed E-state index contributed by atoms with van der Waals surface area (Å²) in [6.45, 7) is -0.384. The van der Waals surface area contributed by atoms with Crippen LogP contribution >= 0.6 is 0 Å². The van der Waals surface area contributed by atoms with Gasteiger partial charge in [-0.1, -0.05) is 224 Å². The average Bonchev–Trinajstić information content (AvgIpc) is 1.01. The topological polar surface area (TPSA) is 39.2 Å². The number of hydrogen-bond donors (Lipinski definition) is 0. The van der Waals surface area contributed by atoms with Gasteiger partial charge in [-0.2, -0.15) is 0 Å². The van der Waals surface area contributed by atoms with Gasteiger partial charge in [0.1, 0.15) is 22.3 Å². The lowest BCUT2D eigenvalue weighted by atomic mass is 9.30. The second-order valence-electron chi connectivity index (χ2n) is 25.3. The van der Waals surface area contributed by atoms with Gasteiger partial charge in [0, 0.05) is 79.8 Å². The first kappa shape index (κ1) is 51.5. The van der Waals surface area contributed by atoms with E-state index in [-0.39, 0.29) is 13.4 Å². The van der Waals surface area contributed by atoms with Gasteiger partial charge in [0.15, 0.2) is 0 Å². The summed E-state index contributed by atoms with van der Waals surface area (Å²) >= 11 is 0. The highest BCUT2D eigenvalue weighted by Crippen LogP contribution is 2.54. The molecular weight excluding hydrogens is 1140 g/mol. The number of hydrogen-bond acceptors (Lipinski definition) is 6. The molecule has 0 N–H and O–H groups in total. The van der Waals surface area contributed by atoms with Gasteiger partial charge >= 0.3 is 0 Å². The number of para-hydroxylation sites is 7. The van der Waals surface area contributed by atoms with E-state index in [2.05, 4.69) is 335 Å². The van der Waals surface area contributed by atoms with Crippen LogP contribution in [0.5, 0.6) is 0 Å². The van der Waals surface area contributed by atoms with Crippen LogP contribution < -0.4 is 52.4 Å². The number of anilines is 12.